The zero-order chi connectivity index (χ0) is 27.5. The first-order valence-corrected chi connectivity index (χ1v) is 14.7. The van der Waals surface area contributed by atoms with Crippen molar-refractivity contribution in [1.29, 1.82) is 0 Å². The smallest absolute Gasteiger partial charge is 0.257 e. The number of ether oxygens (including phenoxy) is 1. The highest BCUT2D eigenvalue weighted by Crippen LogP contribution is 2.27. The fourth-order valence-corrected chi connectivity index (χ4v) is 4.89. The number of halogens is 2. The summed E-state index contributed by atoms with van der Waals surface area (Å²) < 4.78 is 34.2. The summed E-state index contributed by atoms with van der Waals surface area (Å²) in [4.78, 5) is 16.8. The van der Waals surface area contributed by atoms with Crippen LogP contribution in [0.3, 0.4) is 0 Å². The highest BCUT2D eigenvalue weighted by Gasteiger charge is 2.16. The molecule has 0 aliphatic rings. The van der Waals surface area contributed by atoms with Gasteiger partial charge in [-0.2, -0.15) is 0 Å². The molecule has 7 nitrogen and oxygen atoms in total. The standard InChI is InChI=1S/C28H31Cl2N3O4S/c1-3-5-9-17-37-23-13-12-22(24(29)19-23)20-33-25(28(30)31-26(33)4-2)14-15-27(34)32-38(35,36)18-16-21-10-7-6-8-11-21/h6-8,10-16,18-19H,3-5,9,17,20H2,1-2H3,(H,32,34)/b15-14+,18-16+. The number of nitrogens with zero attached hydrogens (tertiary/aromatic N) is 2. The monoisotopic (exact) mass is 575 g/mol. The van der Waals surface area contributed by atoms with Crippen LogP contribution >= 0.6 is 23.2 Å². The maximum atomic E-state index is 12.4. The van der Waals surface area contributed by atoms with Gasteiger partial charge in [-0.3, -0.25) is 4.79 Å². The van der Waals surface area contributed by atoms with Crippen molar-refractivity contribution in [1.82, 2.24) is 14.3 Å². The number of unbranched alkanes of at least 4 members (excludes halogenated alkanes) is 2. The second kappa shape index (κ2) is 14.2. The van der Waals surface area contributed by atoms with Gasteiger partial charge in [0, 0.05) is 17.5 Å². The zero-order valence-electron chi connectivity index (χ0n) is 21.4. The van der Waals surface area contributed by atoms with E-state index in [1.165, 1.54) is 12.2 Å². The number of amides is 1. The summed E-state index contributed by atoms with van der Waals surface area (Å²) in [6.07, 6.45) is 7.77. The molecular formula is C28H31Cl2N3O4S. The van der Waals surface area contributed by atoms with E-state index in [1.54, 1.807) is 30.3 Å². The third kappa shape index (κ3) is 8.75. The van der Waals surface area contributed by atoms with E-state index < -0.39 is 15.9 Å². The number of nitrogens with one attached hydrogen (secondary N) is 1. The summed E-state index contributed by atoms with van der Waals surface area (Å²) >= 11 is 12.9. The van der Waals surface area contributed by atoms with Gasteiger partial charge >= 0.3 is 0 Å². The van der Waals surface area contributed by atoms with Gasteiger partial charge < -0.3 is 9.30 Å². The average Bonchev–Trinajstić information content (AvgIpc) is 3.20. The molecule has 0 fully saturated rings. The van der Waals surface area contributed by atoms with Crippen molar-refractivity contribution in [3.8, 4) is 5.75 Å². The van der Waals surface area contributed by atoms with Gasteiger partial charge in [0.05, 0.1) is 24.3 Å². The van der Waals surface area contributed by atoms with Crippen molar-refractivity contribution in [2.75, 3.05) is 6.61 Å². The van der Waals surface area contributed by atoms with Crippen molar-refractivity contribution in [3.63, 3.8) is 0 Å². The second-order valence-corrected chi connectivity index (χ2v) is 10.8. The molecule has 1 heterocycles. The van der Waals surface area contributed by atoms with Crippen LogP contribution in [0.2, 0.25) is 10.2 Å². The van der Waals surface area contributed by atoms with Gasteiger partial charge in [-0.15, -0.1) is 0 Å². The first-order valence-electron chi connectivity index (χ1n) is 12.4. The fourth-order valence-electron chi connectivity index (χ4n) is 3.64. The predicted molar refractivity (Wildman–Crippen MR) is 154 cm³/mol. The molecule has 0 aliphatic carbocycles. The summed E-state index contributed by atoms with van der Waals surface area (Å²) in [5, 5.41) is 1.68. The minimum absolute atomic E-state index is 0.199. The van der Waals surface area contributed by atoms with Crippen molar-refractivity contribution in [2.24, 2.45) is 0 Å². The molecule has 202 valence electrons. The Morgan fingerprint density at radius 2 is 1.84 bits per heavy atom. The molecule has 0 saturated carbocycles. The molecular weight excluding hydrogens is 545 g/mol. The van der Waals surface area contributed by atoms with E-state index >= 15 is 0 Å². The number of hydrogen-bond acceptors (Lipinski definition) is 5. The molecule has 38 heavy (non-hydrogen) atoms. The minimum Gasteiger partial charge on any atom is -0.494 e. The van der Waals surface area contributed by atoms with E-state index in [0.717, 1.165) is 36.3 Å². The van der Waals surface area contributed by atoms with Gasteiger partial charge in [-0.1, -0.05) is 86.3 Å². The molecule has 0 aliphatic heterocycles. The van der Waals surface area contributed by atoms with Crippen LogP contribution in [0.1, 0.15) is 55.8 Å². The average molecular weight is 577 g/mol. The molecule has 0 bridgehead atoms. The van der Waals surface area contributed by atoms with Crippen LogP contribution in [0.4, 0.5) is 0 Å². The normalized spacial score (nSPS) is 11.9. The third-order valence-electron chi connectivity index (χ3n) is 5.60. The Morgan fingerprint density at radius 3 is 2.53 bits per heavy atom. The predicted octanol–water partition coefficient (Wildman–Crippen LogP) is 6.50. The van der Waals surface area contributed by atoms with E-state index in [-0.39, 0.29) is 5.15 Å². The Morgan fingerprint density at radius 1 is 1.08 bits per heavy atom. The molecule has 0 saturated heterocycles. The first-order chi connectivity index (χ1) is 18.2. The van der Waals surface area contributed by atoms with Crippen LogP contribution in [-0.4, -0.2) is 30.5 Å². The van der Waals surface area contributed by atoms with Gasteiger partial charge in [-0.25, -0.2) is 18.1 Å². The SMILES string of the molecule is CCCCCOc1ccc(Cn2c(CC)nc(Cl)c2/C=C/C(=O)NS(=O)(=O)/C=C/c2ccccc2)c(Cl)c1. The molecule has 1 N–H and O–H groups in total. The summed E-state index contributed by atoms with van der Waals surface area (Å²) in [6.45, 7) is 5.07. The number of sulfonamides is 1. The second-order valence-electron chi connectivity index (χ2n) is 8.51. The molecule has 1 aromatic heterocycles. The Labute approximate surface area is 234 Å². The minimum atomic E-state index is -3.99. The maximum absolute atomic E-state index is 12.4. The number of carbonyl (C=O) groups excluding carboxylic acids is 1. The van der Waals surface area contributed by atoms with Gasteiger partial charge in [0.1, 0.15) is 11.6 Å². The van der Waals surface area contributed by atoms with Crippen LogP contribution in [0.15, 0.2) is 60.0 Å². The van der Waals surface area contributed by atoms with Gasteiger partial charge in [0.2, 0.25) is 0 Å². The third-order valence-corrected chi connectivity index (χ3v) is 7.21. The molecule has 2 aromatic carbocycles. The quantitative estimate of drug-likeness (QED) is 0.185. The van der Waals surface area contributed by atoms with Crippen molar-refractivity contribution in [2.45, 2.75) is 46.1 Å². The van der Waals surface area contributed by atoms with Crippen LogP contribution in [0.25, 0.3) is 12.2 Å². The van der Waals surface area contributed by atoms with Gasteiger partial charge in [0.15, 0.2) is 5.15 Å². The Balaban J connectivity index is 1.73. The fraction of sp³-hybridized carbons (Fsp3) is 0.286. The summed E-state index contributed by atoms with van der Waals surface area (Å²) in [6, 6.07) is 14.4. The number of carbonyl (C=O) groups is 1. The summed E-state index contributed by atoms with van der Waals surface area (Å²) in [5.41, 5.74) is 1.98. The van der Waals surface area contributed by atoms with Crippen LogP contribution < -0.4 is 9.46 Å². The highest BCUT2D eigenvalue weighted by molar-refractivity contribution is 7.93. The Kier molecular flexibility index (Phi) is 11.0. The van der Waals surface area contributed by atoms with Crippen LogP contribution in [-0.2, 0) is 27.8 Å². The van der Waals surface area contributed by atoms with Gasteiger partial charge in [0.25, 0.3) is 15.9 Å². The molecule has 3 rings (SSSR count). The largest absolute Gasteiger partial charge is 0.494 e. The molecule has 0 radical (unpaired) electrons. The van der Waals surface area contributed by atoms with Crippen LogP contribution in [0.5, 0.6) is 5.75 Å². The van der Waals surface area contributed by atoms with E-state index in [4.69, 9.17) is 27.9 Å². The van der Waals surface area contributed by atoms with E-state index in [0.29, 0.717) is 47.4 Å². The molecule has 10 heteroatoms. The lowest BCUT2D eigenvalue weighted by Crippen LogP contribution is -2.26. The molecule has 0 unspecified atom stereocenters. The summed E-state index contributed by atoms with van der Waals surface area (Å²) in [5.74, 6) is 0.588. The molecule has 0 spiro atoms. The molecule has 0 atom stereocenters. The van der Waals surface area contributed by atoms with Crippen LogP contribution in [0, 0.1) is 0 Å². The topological polar surface area (TPSA) is 90.3 Å². The lowest BCUT2D eigenvalue weighted by Gasteiger charge is -2.13. The highest BCUT2D eigenvalue weighted by atomic mass is 35.5. The van der Waals surface area contributed by atoms with E-state index in [1.807, 2.05) is 34.4 Å². The first kappa shape index (κ1) is 29.5. The number of rotatable bonds is 13. The number of aryl methyl sites for hydroxylation is 1. The van der Waals surface area contributed by atoms with Gasteiger partial charge in [-0.05, 0) is 41.8 Å². The van der Waals surface area contributed by atoms with E-state index in [2.05, 4.69) is 11.9 Å². The van der Waals surface area contributed by atoms with Crippen molar-refractivity contribution >= 4 is 51.3 Å². The number of hydrogen-bond donors (Lipinski definition) is 1. The number of aromatic nitrogens is 2. The Bertz CT molecular complexity index is 1400. The van der Waals surface area contributed by atoms with E-state index in [9.17, 15) is 13.2 Å². The molecule has 3 aromatic rings. The number of imidazole rings is 1. The molecule has 1 amide bonds. The lowest BCUT2D eigenvalue weighted by atomic mass is 10.2. The lowest BCUT2D eigenvalue weighted by molar-refractivity contribution is -0.114. The maximum Gasteiger partial charge on any atom is 0.257 e. The van der Waals surface area contributed by atoms with Crippen molar-refractivity contribution < 1.29 is 17.9 Å². The number of benzene rings is 2. The van der Waals surface area contributed by atoms with Crippen molar-refractivity contribution in [3.05, 3.63) is 92.8 Å². The zero-order valence-corrected chi connectivity index (χ0v) is 23.7. The summed E-state index contributed by atoms with van der Waals surface area (Å²) in [7, 11) is -3.99. The Hall–Kier alpha value is -3.07.